The third-order valence-corrected chi connectivity index (χ3v) is 4.82. The standard InChI is InChI=1S/C25H22N2O3/c1-2-14-27(24(28)20-7-5-8-21(15-20)25(29)30)17-18-10-12-19(13-11-18)23-9-4-3-6-22(23)16-26/h3-13,15H,2,14,17H2,1H3,(H,29,30). The average Bonchev–Trinajstić information content (AvgIpc) is 2.79. The second-order valence-corrected chi connectivity index (χ2v) is 6.97. The van der Waals surface area contributed by atoms with Crippen LogP contribution in [0.4, 0.5) is 0 Å². The molecule has 1 amide bonds. The molecule has 0 aromatic heterocycles. The van der Waals surface area contributed by atoms with Gasteiger partial charge in [-0.1, -0.05) is 55.5 Å². The van der Waals surface area contributed by atoms with E-state index in [9.17, 15) is 20.0 Å². The number of aromatic carboxylic acids is 1. The lowest BCUT2D eigenvalue weighted by Crippen LogP contribution is -2.31. The summed E-state index contributed by atoms with van der Waals surface area (Å²) in [5, 5.41) is 18.5. The van der Waals surface area contributed by atoms with Crippen LogP contribution in [-0.2, 0) is 6.54 Å². The summed E-state index contributed by atoms with van der Waals surface area (Å²) in [6.45, 7) is 2.98. The Labute approximate surface area is 175 Å². The number of carbonyl (C=O) groups is 2. The Kier molecular flexibility index (Phi) is 6.61. The summed E-state index contributed by atoms with van der Waals surface area (Å²) in [4.78, 5) is 25.9. The molecule has 0 spiro atoms. The van der Waals surface area contributed by atoms with Crippen LogP contribution in [0.25, 0.3) is 11.1 Å². The van der Waals surface area contributed by atoms with E-state index in [1.54, 1.807) is 23.1 Å². The minimum Gasteiger partial charge on any atom is -0.478 e. The summed E-state index contributed by atoms with van der Waals surface area (Å²) in [5.74, 6) is -1.25. The molecule has 3 rings (SSSR count). The summed E-state index contributed by atoms with van der Waals surface area (Å²) in [6.07, 6.45) is 0.790. The minimum absolute atomic E-state index is 0.0952. The van der Waals surface area contributed by atoms with E-state index in [0.29, 0.717) is 24.2 Å². The molecule has 150 valence electrons. The van der Waals surface area contributed by atoms with Crippen LogP contribution in [0.15, 0.2) is 72.8 Å². The van der Waals surface area contributed by atoms with Crippen molar-refractivity contribution in [2.45, 2.75) is 19.9 Å². The molecule has 3 aromatic carbocycles. The van der Waals surface area contributed by atoms with Crippen LogP contribution < -0.4 is 0 Å². The number of rotatable bonds is 7. The van der Waals surface area contributed by atoms with Crippen LogP contribution in [0, 0.1) is 11.3 Å². The number of hydrogen-bond donors (Lipinski definition) is 1. The van der Waals surface area contributed by atoms with E-state index in [0.717, 1.165) is 23.1 Å². The summed E-state index contributed by atoms with van der Waals surface area (Å²) < 4.78 is 0. The molecule has 0 saturated carbocycles. The van der Waals surface area contributed by atoms with E-state index in [1.165, 1.54) is 12.1 Å². The number of amides is 1. The topological polar surface area (TPSA) is 81.4 Å². The van der Waals surface area contributed by atoms with Crippen LogP contribution in [-0.4, -0.2) is 28.4 Å². The Morgan fingerprint density at radius 3 is 2.33 bits per heavy atom. The number of carboxylic acid groups (broad SMARTS) is 1. The zero-order valence-electron chi connectivity index (χ0n) is 16.7. The highest BCUT2D eigenvalue weighted by atomic mass is 16.4. The summed E-state index contributed by atoms with van der Waals surface area (Å²) >= 11 is 0. The first-order valence-corrected chi connectivity index (χ1v) is 9.74. The fourth-order valence-corrected chi connectivity index (χ4v) is 3.33. The van der Waals surface area contributed by atoms with E-state index in [-0.39, 0.29) is 11.5 Å². The van der Waals surface area contributed by atoms with Gasteiger partial charge in [0.05, 0.1) is 17.2 Å². The van der Waals surface area contributed by atoms with Gasteiger partial charge in [-0.05, 0) is 47.4 Å². The Morgan fingerprint density at radius 2 is 1.67 bits per heavy atom. The molecule has 1 N–H and O–H groups in total. The van der Waals surface area contributed by atoms with E-state index >= 15 is 0 Å². The van der Waals surface area contributed by atoms with Gasteiger partial charge in [0.25, 0.3) is 5.91 Å². The number of carboxylic acids is 1. The van der Waals surface area contributed by atoms with Gasteiger partial charge in [-0.15, -0.1) is 0 Å². The number of nitriles is 1. The van der Waals surface area contributed by atoms with Crippen molar-refractivity contribution in [2.24, 2.45) is 0 Å². The summed E-state index contributed by atoms with van der Waals surface area (Å²) in [7, 11) is 0. The van der Waals surface area contributed by atoms with Gasteiger partial charge in [-0.3, -0.25) is 4.79 Å². The monoisotopic (exact) mass is 398 g/mol. The van der Waals surface area contributed by atoms with Crippen LogP contribution >= 0.6 is 0 Å². The first-order valence-electron chi connectivity index (χ1n) is 9.74. The molecule has 0 aliphatic rings. The molecule has 0 radical (unpaired) electrons. The van der Waals surface area contributed by atoms with Crippen LogP contribution in [0.2, 0.25) is 0 Å². The largest absolute Gasteiger partial charge is 0.478 e. The normalized spacial score (nSPS) is 10.3. The van der Waals surface area contributed by atoms with Gasteiger partial charge in [0.2, 0.25) is 0 Å². The van der Waals surface area contributed by atoms with E-state index < -0.39 is 5.97 Å². The fraction of sp³-hybridized carbons (Fsp3) is 0.160. The van der Waals surface area contributed by atoms with Crippen molar-refractivity contribution >= 4 is 11.9 Å². The highest BCUT2D eigenvalue weighted by Crippen LogP contribution is 2.24. The van der Waals surface area contributed by atoms with Crippen molar-refractivity contribution in [1.82, 2.24) is 4.90 Å². The number of hydrogen-bond acceptors (Lipinski definition) is 3. The van der Waals surface area contributed by atoms with Crippen molar-refractivity contribution in [2.75, 3.05) is 6.54 Å². The van der Waals surface area contributed by atoms with Crippen molar-refractivity contribution < 1.29 is 14.7 Å². The third kappa shape index (κ3) is 4.73. The molecule has 0 aliphatic carbocycles. The van der Waals surface area contributed by atoms with Gasteiger partial charge in [0.1, 0.15) is 0 Å². The molecule has 0 heterocycles. The summed E-state index contributed by atoms with van der Waals surface area (Å²) in [6, 6.07) is 23.6. The van der Waals surface area contributed by atoms with Gasteiger partial charge in [0, 0.05) is 18.7 Å². The molecule has 5 nitrogen and oxygen atoms in total. The van der Waals surface area contributed by atoms with Gasteiger partial charge in [0.15, 0.2) is 0 Å². The van der Waals surface area contributed by atoms with Crippen LogP contribution in [0.5, 0.6) is 0 Å². The smallest absolute Gasteiger partial charge is 0.335 e. The predicted octanol–water partition coefficient (Wildman–Crippen LogP) is 4.98. The molecular weight excluding hydrogens is 376 g/mol. The maximum absolute atomic E-state index is 13.0. The van der Waals surface area contributed by atoms with Crippen molar-refractivity contribution in [3.05, 3.63) is 95.1 Å². The Bertz CT molecular complexity index is 1100. The molecule has 5 heteroatoms. The molecule has 0 saturated heterocycles. The zero-order chi connectivity index (χ0) is 21.5. The quantitative estimate of drug-likeness (QED) is 0.609. The highest BCUT2D eigenvalue weighted by Gasteiger charge is 2.17. The van der Waals surface area contributed by atoms with E-state index in [2.05, 4.69) is 6.07 Å². The minimum atomic E-state index is -1.06. The molecule has 0 atom stereocenters. The lowest BCUT2D eigenvalue weighted by molar-refractivity contribution is 0.0697. The maximum atomic E-state index is 13.0. The van der Waals surface area contributed by atoms with Gasteiger partial charge in [-0.2, -0.15) is 5.26 Å². The lowest BCUT2D eigenvalue weighted by atomic mass is 9.99. The second kappa shape index (κ2) is 9.53. The second-order valence-electron chi connectivity index (χ2n) is 6.97. The Hall–Kier alpha value is -3.91. The molecular formula is C25H22N2O3. The molecule has 3 aromatic rings. The van der Waals surface area contributed by atoms with Crippen molar-refractivity contribution in [3.63, 3.8) is 0 Å². The fourth-order valence-electron chi connectivity index (χ4n) is 3.33. The molecule has 0 aliphatic heterocycles. The van der Waals surface area contributed by atoms with E-state index in [1.807, 2.05) is 49.4 Å². The maximum Gasteiger partial charge on any atom is 0.335 e. The highest BCUT2D eigenvalue weighted by molar-refractivity contribution is 5.97. The molecule has 0 fully saturated rings. The molecule has 0 unspecified atom stereocenters. The zero-order valence-corrected chi connectivity index (χ0v) is 16.7. The first kappa shape index (κ1) is 20.8. The third-order valence-electron chi connectivity index (χ3n) is 4.82. The van der Waals surface area contributed by atoms with Crippen LogP contribution in [0.3, 0.4) is 0 Å². The number of nitrogens with zero attached hydrogens (tertiary/aromatic N) is 2. The van der Waals surface area contributed by atoms with Crippen molar-refractivity contribution in [1.29, 1.82) is 5.26 Å². The van der Waals surface area contributed by atoms with Crippen molar-refractivity contribution in [3.8, 4) is 17.2 Å². The SMILES string of the molecule is CCCN(Cc1ccc(-c2ccccc2C#N)cc1)C(=O)c1cccc(C(=O)O)c1. The van der Waals surface area contributed by atoms with Gasteiger partial charge < -0.3 is 10.0 Å². The summed E-state index contributed by atoms with van der Waals surface area (Å²) in [5.41, 5.74) is 3.86. The van der Waals surface area contributed by atoms with Gasteiger partial charge in [-0.25, -0.2) is 4.79 Å². The van der Waals surface area contributed by atoms with E-state index in [4.69, 9.17) is 0 Å². The number of benzene rings is 3. The predicted molar refractivity (Wildman–Crippen MR) is 115 cm³/mol. The Balaban J connectivity index is 1.81. The molecule has 30 heavy (non-hydrogen) atoms. The Morgan fingerprint density at radius 1 is 0.967 bits per heavy atom. The number of carbonyl (C=O) groups excluding carboxylic acids is 1. The average molecular weight is 398 g/mol. The first-order chi connectivity index (χ1) is 14.5. The van der Waals surface area contributed by atoms with Crippen LogP contribution in [0.1, 0.15) is 45.2 Å². The van der Waals surface area contributed by atoms with Gasteiger partial charge >= 0.3 is 5.97 Å². The lowest BCUT2D eigenvalue weighted by Gasteiger charge is -2.23. The molecule has 0 bridgehead atoms.